The van der Waals surface area contributed by atoms with Gasteiger partial charge in [-0.3, -0.25) is 4.52 Å². The van der Waals surface area contributed by atoms with Crippen molar-refractivity contribution in [3.05, 3.63) is 0 Å². The summed E-state index contributed by atoms with van der Waals surface area (Å²) in [5.41, 5.74) is 0. The normalized spacial score (nSPS) is 14.4. The van der Waals surface area contributed by atoms with E-state index in [1.165, 1.54) is 95.6 Å². The highest BCUT2D eigenvalue weighted by Crippen LogP contribution is 2.37. The molecular weight excluding hydrogens is 481 g/mol. The van der Waals surface area contributed by atoms with E-state index in [9.17, 15) is 4.57 Å². The third-order valence-corrected chi connectivity index (χ3v) is 8.32. The van der Waals surface area contributed by atoms with E-state index in [-0.39, 0.29) is 18.6 Å². The van der Waals surface area contributed by atoms with Crippen LogP contribution in [0, 0.1) is 5.92 Å². The van der Waals surface area contributed by atoms with E-state index in [0.29, 0.717) is 11.1 Å². The number of thioether (sulfide) groups is 1. The van der Waals surface area contributed by atoms with Crippen molar-refractivity contribution in [2.45, 2.75) is 116 Å². The Morgan fingerprint density at radius 3 is 1.71 bits per heavy atom. The lowest BCUT2D eigenvalue weighted by Gasteiger charge is -2.37. The number of rotatable bonds is 26. The highest BCUT2D eigenvalue weighted by Gasteiger charge is 2.32. The molecule has 2 atom stereocenters. The zero-order valence-electron chi connectivity index (χ0n) is 23.7. The second-order valence-electron chi connectivity index (χ2n) is 11.1. The average molecular weight is 541 g/mol. The van der Waals surface area contributed by atoms with Gasteiger partial charge in [-0.15, -0.1) is 0 Å². The van der Waals surface area contributed by atoms with E-state index in [1.54, 1.807) is 0 Å². The van der Waals surface area contributed by atoms with Crippen molar-refractivity contribution in [3.8, 4) is 0 Å². The lowest BCUT2D eigenvalue weighted by atomic mass is 9.97. The number of hydrogen-bond acceptors (Lipinski definition) is 4. The number of phosphoric ester groups is 1. The van der Waals surface area contributed by atoms with Gasteiger partial charge in [-0.05, 0) is 18.6 Å². The molecule has 0 heterocycles. The molecule has 35 heavy (non-hydrogen) atoms. The summed E-state index contributed by atoms with van der Waals surface area (Å²) in [5.74, 6) is 2.50. The van der Waals surface area contributed by atoms with Crippen molar-refractivity contribution in [1.29, 1.82) is 0 Å². The van der Waals surface area contributed by atoms with Crippen LogP contribution in [0.15, 0.2) is 0 Å². The third-order valence-electron chi connectivity index (χ3n) is 6.80. The molecule has 0 aromatic heterocycles. The summed E-state index contributed by atoms with van der Waals surface area (Å²) < 4.78 is 22.3. The number of phosphoric acid groups is 1. The average Bonchev–Trinajstić information content (AvgIpc) is 2.76. The first-order valence-corrected chi connectivity index (χ1v) is 16.9. The number of ether oxygens (including phenoxy) is 1. The Balaban J connectivity index is 3.50. The number of unbranched alkanes of at least 4 members (excludes halogenated alkanes) is 13. The molecule has 0 spiro atoms. The summed E-state index contributed by atoms with van der Waals surface area (Å²) in [6.07, 6.45) is 20.5. The predicted molar refractivity (Wildman–Crippen MR) is 152 cm³/mol. The fourth-order valence-electron chi connectivity index (χ4n) is 4.51. The molecule has 212 valence electrons. The first-order valence-electron chi connectivity index (χ1n) is 14.2. The van der Waals surface area contributed by atoms with Crippen LogP contribution in [0.5, 0.6) is 0 Å². The van der Waals surface area contributed by atoms with E-state index in [4.69, 9.17) is 19.0 Å². The van der Waals surface area contributed by atoms with Crippen LogP contribution in [-0.4, -0.2) is 72.8 Å². The molecule has 0 rings (SSSR count). The van der Waals surface area contributed by atoms with E-state index in [2.05, 4.69) is 13.8 Å². The molecule has 0 fully saturated rings. The van der Waals surface area contributed by atoms with Crippen molar-refractivity contribution in [2.75, 3.05) is 52.5 Å². The Hall–Kier alpha value is 0.380. The molecule has 2 unspecified atom stereocenters. The minimum atomic E-state index is -4.44. The molecule has 0 aromatic rings. The molecule has 0 aromatic carbocycles. The Bertz CT molecular complexity index is 512. The van der Waals surface area contributed by atoms with E-state index in [0.717, 1.165) is 18.8 Å². The van der Waals surface area contributed by atoms with E-state index < -0.39 is 7.82 Å². The molecule has 0 aliphatic heterocycles. The Morgan fingerprint density at radius 1 is 0.771 bits per heavy atom. The molecule has 0 amide bonds. The first-order chi connectivity index (χ1) is 16.6. The fraction of sp³-hybridized carbons (Fsp3) is 1.00. The molecule has 0 saturated carbocycles. The molecule has 6 nitrogen and oxygen atoms in total. The van der Waals surface area contributed by atoms with Gasteiger partial charge < -0.3 is 19.0 Å². The topological polar surface area (TPSA) is 76.0 Å². The van der Waals surface area contributed by atoms with Gasteiger partial charge in [0.25, 0.3) is 0 Å². The largest absolute Gasteiger partial charge is 0.469 e. The van der Waals surface area contributed by atoms with Gasteiger partial charge in [-0.1, -0.05) is 97.3 Å². The van der Waals surface area contributed by atoms with Gasteiger partial charge in [0.2, 0.25) is 0 Å². The van der Waals surface area contributed by atoms with Gasteiger partial charge in [0.05, 0.1) is 27.7 Å². The van der Waals surface area contributed by atoms with Crippen LogP contribution in [0.4, 0.5) is 0 Å². The van der Waals surface area contributed by atoms with Gasteiger partial charge in [0.15, 0.2) is 0 Å². The standard InChI is InChI=1S/C27H58NO5PS/c1-6-7-8-9-10-11-12-13-14-15-16-17-18-19-23-35-24-22-32-21-20-26(2)27(28(3,4)5)25-33-34(29,30)31/h26-27H,6-25H2,1-5H3,(H-,29,30,31)/p+1. The fourth-order valence-corrected chi connectivity index (χ4v) is 5.70. The molecule has 0 aliphatic carbocycles. The zero-order chi connectivity index (χ0) is 26.4. The van der Waals surface area contributed by atoms with Gasteiger partial charge in [0, 0.05) is 18.3 Å². The zero-order valence-corrected chi connectivity index (χ0v) is 25.4. The van der Waals surface area contributed by atoms with Crippen molar-refractivity contribution in [1.82, 2.24) is 0 Å². The Kier molecular flexibility index (Phi) is 22.6. The van der Waals surface area contributed by atoms with Gasteiger partial charge >= 0.3 is 7.82 Å². The van der Waals surface area contributed by atoms with E-state index in [1.807, 2.05) is 32.9 Å². The summed E-state index contributed by atoms with van der Waals surface area (Å²) in [5, 5.41) is 0. The molecule has 0 saturated heterocycles. The van der Waals surface area contributed by atoms with Crippen LogP contribution in [-0.2, 0) is 13.8 Å². The summed E-state index contributed by atoms with van der Waals surface area (Å²) in [4.78, 5) is 18.0. The summed E-state index contributed by atoms with van der Waals surface area (Å²) in [6, 6.07) is 0.000852. The summed E-state index contributed by atoms with van der Waals surface area (Å²) in [7, 11) is 1.64. The highest BCUT2D eigenvalue weighted by atomic mass is 32.2. The molecule has 0 bridgehead atoms. The second kappa shape index (κ2) is 22.4. The molecule has 0 radical (unpaired) electrons. The lowest BCUT2D eigenvalue weighted by molar-refractivity contribution is -0.900. The van der Waals surface area contributed by atoms with Crippen LogP contribution in [0.2, 0.25) is 0 Å². The van der Waals surface area contributed by atoms with Crippen LogP contribution in [0.25, 0.3) is 0 Å². The van der Waals surface area contributed by atoms with Gasteiger partial charge in [-0.2, -0.15) is 11.8 Å². The van der Waals surface area contributed by atoms with Crippen LogP contribution in [0.1, 0.15) is 110 Å². The highest BCUT2D eigenvalue weighted by molar-refractivity contribution is 7.99. The van der Waals surface area contributed by atoms with Gasteiger partial charge in [0.1, 0.15) is 12.6 Å². The Morgan fingerprint density at radius 2 is 1.26 bits per heavy atom. The van der Waals surface area contributed by atoms with Crippen LogP contribution in [0.3, 0.4) is 0 Å². The van der Waals surface area contributed by atoms with Crippen molar-refractivity contribution in [3.63, 3.8) is 0 Å². The minimum Gasteiger partial charge on any atom is -0.381 e. The maximum Gasteiger partial charge on any atom is 0.469 e. The van der Waals surface area contributed by atoms with Crippen molar-refractivity contribution < 1.29 is 28.1 Å². The second-order valence-corrected chi connectivity index (χ2v) is 13.5. The monoisotopic (exact) mass is 540 g/mol. The van der Waals surface area contributed by atoms with Gasteiger partial charge in [-0.25, -0.2) is 4.57 Å². The lowest BCUT2D eigenvalue weighted by Crippen LogP contribution is -2.51. The summed E-state index contributed by atoms with van der Waals surface area (Å²) in [6.45, 7) is 5.87. The minimum absolute atomic E-state index is 0.000852. The van der Waals surface area contributed by atoms with Crippen molar-refractivity contribution >= 4 is 19.6 Å². The van der Waals surface area contributed by atoms with Crippen molar-refractivity contribution in [2.24, 2.45) is 5.92 Å². The first kappa shape index (κ1) is 35.4. The van der Waals surface area contributed by atoms with Crippen LogP contribution < -0.4 is 0 Å². The number of likely N-dealkylation sites (N-methyl/N-ethyl adjacent to an activating group) is 1. The van der Waals surface area contributed by atoms with E-state index >= 15 is 0 Å². The molecule has 0 aliphatic rings. The maximum atomic E-state index is 11.1. The summed E-state index contributed by atoms with van der Waals surface area (Å²) >= 11 is 1.98. The quantitative estimate of drug-likeness (QED) is 0.0675. The van der Waals surface area contributed by atoms with Crippen LogP contribution >= 0.6 is 19.6 Å². The predicted octanol–water partition coefficient (Wildman–Crippen LogP) is 7.43. The number of quaternary nitrogens is 1. The molecule has 2 N–H and O–H groups in total. The maximum absolute atomic E-state index is 11.1. The molecule has 8 heteroatoms. The number of hydrogen-bond donors (Lipinski definition) is 2. The SMILES string of the molecule is CCCCCCCCCCCCCCCCSCCOCCC(C)C(COP(=O)(O)O)[N+](C)(C)C. The molecular formula is C27H59NO5PS+. The smallest absolute Gasteiger partial charge is 0.381 e. The Labute approximate surface area is 222 Å². The third kappa shape index (κ3) is 24.5. The number of nitrogens with zero attached hydrogens (tertiary/aromatic N) is 1.